The lowest BCUT2D eigenvalue weighted by atomic mass is 10.2. The van der Waals surface area contributed by atoms with Crippen LogP contribution in [-0.2, 0) is 6.54 Å². The van der Waals surface area contributed by atoms with Crippen LogP contribution in [0, 0.1) is 11.3 Å². The molecule has 9 heteroatoms. The van der Waals surface area contributed by atoms with Crippen LogP contribution in [0.5, 0.6) is 0 Å². The number of benzene rings is 2. The molecule has 1 aliphatic heterocycles. The average molecular weight is 448 g/mol. The van der Waals surface area contributed by atoms with E-state index in [4.69, 9.17) is 28.5 Å². The normalized spacial score (nSPS) is 17.8. The van der Waals surface area contributed by atoms with Gasteiger partial charge in [-0.1, -0.05) is 29.3 Å². The molecule has 3 rings (SSSR count). The minimum atomic E-state index is -0.128. The Hall–Kier alpha value is -1.89. The van der Waals surface area contributed by atoms with Crippen molar-refractivity contribution in [1.82, 2.24) is 25.6 Å². The molecule has 0 bridgehead atoms. The molecule has 0 spiro atoms. The van der Waals surface area contributed by atoms with E-state index in [0.29, 0.717) is 35.5 Å². The van der Waals surface area contributed by atoms with E-state index in [1.54, 1.807) is 12.1 Å². The van der Waals surface area contributed by atoms with Crippen molar-refractivity contribution in [2.24, 2.45) is 0 Å². The second-order valence-electron chi connectivity index (χ2n) is 7.44. The number of anilines is 1. The molecule has 1 heterocycles. The van der Waals surface area contributed by atoms with E-state index in [1.165, 1.54) is 0 Å². The van der Waals surface area contributed by atoms with Crippen molar-refractivity contribution in [3.8, 4) is 6.07 Å². The smallest absolute Gasteiger partial charge is 0.137 e. The maximum atomic E-state index is 9.01. The first-order valence-corrected chi connectivity index (χ1v) is 10.5. The topological polar surface area (TPSA) is 69.6 Å². The van der Waals surface area contributed by atoms with Gasteiger partial charge in [0.25, 0.3) is 0 Å². The van der Waals surface area contributed by atoms with Crippen molar-refractivity contribution in [2.75, 3.05) is 45.8 Å². The summed E-state index contributed by atoms with van der Waals surface area (Å²) < 4.78 is 0. The summed E-state index contributed by atoms with van der Waals surface area (Å²) in [5.74, 6) is 0. The maximum absolute atomic E-state index is 9.01. The fraction of sp³-hybridized carbons (Fsp3) is 0.381. The number of likely N-dealkylation sites (N-methyl/N-ethyl adjacent to an activating group) is 1. The summed E-state index contributed by atoms with van der Waals surface area (Å²) in [7, 11) is 4.11. The predicted octanol–water partition coefficient (Wildman–Crippen LogP) is 2.95. The molecule has 0 amide bonds. The van der Waals surface area contributed by atoms with E-state index in [0.717, 1.165) is 24.3 Å². The first-order valence-electron chi connectivity index (χ1n) is 9.76. The van der Waals surface area contributed by atoms with Crippen LogP contribution in [0.3, 0.4) is 0 Å². The highest BCUT2D eigenvalue weighted by atomic mass is 35.5. The molecule has 30 heavy (non-hydrogen) atoms. The van der Waals surface area contributed by atoms with Gasteiger partial charge < -0.3 is 10.2 Å². The SMILES string of the molecule is CN(C)CCNN1CNC(Nc2ccc(C#N)cc2)N(Cc2c(Cl)cccc2Cl)C1. The molecule has 1 saturated heterocycles. The Kier molecular flexibility index (Phi) is 8.31. The van der Waals surface area contributed by atoms with Crippen LogP contribution >= 0.6 is 23.2 Å². The van der Waals surface area contributed by atoms with Crippen molar-refractivity contribution >= 4 is 28.9 Å². The molecule has 1 unspecified atom stereocenters. The first-order chi connectivity index (χ1) is 14.5. The average Bonchev–Trinajstić information content (AvgIpc) is 2.72. The third-order valence-corrected chi connectivity index (χ3v) is 5.54. The van der Waals surface area contributed by atoms with Crippen molar-refractivity contribution < 1.29 is 0 Å². The van der Waals surface area contributed by atoms with Crippen LogP contribution in [0.25, 0.3) is 0 Å². The molecule has 0 aromatic heterocycles. The molecule has 0 saturated carbocycles. The van der Waals surface area contributed by atoms with Crippen LogP contribution in [-0.4, -0.2) is 61.6 Å². The minimum absolute atomic E-state index is 0.128. The van der Waals surface area contributed by atoms with Gasteiger partial charge in [0.05, 0.1) is 25.0 Å². The Morgan fingerprint density at radius 3 is 2.50 bits per heavy atom. The van der Waals surface area contributed by atoms with E-state index in [9.17, 15) is 0 Å². The minimum Gasteiger partial charge on any atom is -0.357 e. The van der Waals surface area contributed by atoms with E-state index >= 15 is 0 Å². The Labute approximate surface area is 188 Å². The van der Waals surface area contributed by atoms with Gasteiger partial charge in [0.2, 0.25) is 0 Å². The Bertz CT molecular complexity index is 846. The predicted molar refractivity (Wildman–Crippen MR) is 122 cm³/mol. The molecule has 1 aliphatic rings. The van der Waals surface area contributed by atoms with Crippen LogP contribution in [0.1, 0.15) is 11.1 Å². The molecule has 160 valence electrons. The van der Waals surface area contributed by atoms with Gasteiger partial charge in [0, 0.05) is 40.9 Å². The van der Waals surface area contributed by atoms with Gasteiger partial charge in [0.15, 0.2) is 0 Å². The van der Waals surface area contributed by atoms with Crippen molar-refractivity contribution in [3.63, 3.8) is 0 Å². The second-order valence-corrected chi connectivity index (χ2v) is 8.25. The summed E-state index contributed by atoms with van der Waals surface area (Å²) in [5, 5.41) is 19.4. The number of nitriles is 1. The molecule has 0 radical (unpaired) electrons. The molecule has 7 nitrogen and oxygen atoms in total. The zero-order valence-corrected chi connectivity index (χ0v) is 18.7. The van der Waals surface area contributed by atoms with Crippen LogP contribution in [0.4, 0.5) is 5.69 Å². The zero-order chi connectivity index (χ0) is 21.5. The molecular weight excluding hydrogens is 421 g/mol. The highest BCUT2D eigenvalue weighted by Gasteiger charge is 2.27. The third-order valence-electron chi connectivity index (χ3n) is 4.83. The first kappa shape index (κ1) is 22.8. The van der Waals surface area contributed by atoms with Crippen LogP contribution in [0.15, 0.2) is 42.5 Å². The van der Waals surface area contributed by atoms with E-state index in [1.807, 2.05) is 30.3 Å². The highest BCUT2D eigenvalue weighted by molar-refractivity contribution is 6.35. The lowest BCUT2D eigenvalue weighted by Gasteiger charge is -2.43. The fourth-order valence-electron chi connectivity index (χ4n) is 3.18. The molecule has 0 aliphatic carbocycles. The van der Waals surface area contributed by atoms with Crippen molar-refractivity contribution in [3.05, 3.63) is 63.6 Å². The van der Waals surface area contributed by atoms with Gasteiger partial charge in [-0.2, -0.15) is 5.26 Å². The zero-order valence-electron chi connectivity index (χ0n) is 17.2. The lowest BCUT2D eigenvalue weighted by Crippen LogP contribution is -2.65. The maximum Gasteiger partial charge on any atom is 0.137 e. The number of nitrogens with zero attached hydrogens (tertiary/aromatic N) is 4. The number of hydrogen-bond acceptors (Lipinski definition) is 7. The van der Waals surface area contributed by atoms with Gasteiger partial charge in [0.1, 0.15) is 6.29 Å². The quantitative estimate of drug-likeness (QED) is 0.574. The van der Waals surface area contributed by atoms with E-state index in [2.05, 4.69) is 51.0 Å². The molecular formula is C21H27Cl2N7. The van der Waals surface area contributed by atoms with Gasteiger partial charge in [-0.05, 0) is 50.5 Å². The standard InChI is InChI=1S/C21H27Cl2N7/c1-28(2)11-10-26-30-14-25-21(27-17-8-6-16(12-24)7-9-17)29(15-30)13-18-19(22)4-3-5-20(18)23/h3-9,21,25-27H,10-11,13-15H2,1-2H3. The summed E-state index contributed by atoms with van der Waals surface area (Å²) >= 11 is 12.9. The van der Waals surface area contributed by atoms with E-state index < -0.39 is 0 Å². The van der Waals surface area contributed by atoms with Crippen LogP contribution < -0.4 is 16.1 Å². The summed E-state index contributed by atoms with van der Waals surface area (Å²) in [5.41, 5.74) is 5.91. The monoisotopic (exact) mass is 447 g/mol. The lowest BCUT2D eigenvalue weighted by molar-refractivity contribution is -0.0104. The number of hydrazine groups is 1. The molecule has 2 aromatic rings. The number of hydrogen-bond donors (Lipinski definition) is 3. The van der Waals surface area contributed by atoms with Gasteiger partial charge in [-0.25, -0.2) is 5.01 Å². The second kappa shape index (κ2) is 10.9. The largest absolute Gasteiger partial charge is 0.357 e. The number of nitrogens with one attached hydrogen (secondary N) is 3. The fourth-order valence-corrected chi connectivity index (χ4v) is 3.70. The summed E-state index contributed by atoms with van der Waals surface area (Å²) in [6, 6.07) is 15.1. The van der Waals surface area contributed by atoms with Crippen molar-refractivity contribution in [2.45, 2.75) is 12.8 Å². The van der Waals surface area contributed by atoms with E-state index in [-0.39, 0.29) is 6.29 Å². The molecule has 3 N–H and O–H groups in total. The van der Waals surface area contributed by atoms with Gasteiger partial charge in [-0.3, -0.25) is 15.6 Å². The van der Waals surface area contributed by atoms with Gasteiger partial charge in [-0.15, -0.1) is 0 Å². The molecule has 2 aromatic carbocycles. The third kappa shape index (κ3) is 6.30. The Morgan fingerprint density at radius 1 is 1.17 bits per heavy atom. The summed E-state index contributed by atoms with van der Waals surface area (Å²) in [4.78, 5) is 4.36. The summed E-state index contributed by atoms with van der Waals surface area (Å²) in [6.07, 6.45) is -0.128. The van der Waals surface area contributed by atoms with Gasteiger partial charge >= 0.3 is 0 Å². The van der Waals surface area contributed by atoms with Crippen molar-refractivity contribution in [1.29, 1.82) is 5.26 Å². The molecule has 1 atom stereocenters. The molecule has 1 fully saturated rings. The summed E-state index contributed by atoms with van der Waals surface area (Å²) in [6.45, 7) is 3.72. The Morgan fingerprint density at radius 2 is 1.87 bits per heavy atom. The van der Waals surface area contributed by atoms with Crippen LogP contribution in [0.2, 0.25) is 10.0 Å². The number of rotatable bonds is 8. The number of halogens is 2. The highest BCUT2D eigenvalue weighted by Crippen LogP contribution is 2.27. The Balaban J connectivity index is 1.73.